The lowest BCUT2D eigenvalue weighted by Crippen LogP contribution is -2.52. The number of nitrogens with one attached hydrogen (secondary N) is 1. The van der Waals surface area contributed by atoms with Crippen molar-refractivity contribution in [2.24, 2.45) is 5.92 Å². The van der Waals surface area contributed by atoms with Crippen LogP contribution < -0.4 is 0 Å². The van der Waals surface area contributed by atoms with Crippen molar-refractivity contribution < 1.29 is 13.6 Å². The molecular weight excluding hydrogens is 482 g/mol. The smallest absolute Gasteiger partial charge is 0.246 e. The lowest BCUT2D eigenvalue weighted by Gasteiger charge is -2.44. The van der Waals surface area contributed by atoms with E-state index in [0.717, 1.165) is 51.4 Å². The third-order valence-electron chi connectivity index (χ3n) is 8.31. The lowest BCUT2D eigenvalue weighted by atomic mass is 9.84. The average Bonchev–Trinajstić information content (AvgIpc) is 3.34. The molecule has 3 heterocycles. The van der Waals surface area contributed by atoms with Gasteiger partial charge in [0.15, 0.2) is 0 Å². The molecule has 1 unspecified atom stereocenters. The van der Waals surface area contributed by atoms with Gasteiger partial charge in [-0.15, -0.1) is 0 Å². The first-order valence-corrected chi connectivity index (χ1v) is 13.8. The van der Waals surface area contributed by atoms with Crippen molar-refractivity contribution in [2.45, 2.75) is 37.6 Å². The number of fused-ring (bicyclic) bond motifs is 1. The number of likely N-dealkylation sites (tertiary alicyclic amines) is 2. The van der Waals surface area contributed by atoms with E-state index in [1.54, 1.807) is 0 Å². The molecule has 1 N–H and O–H groups in total. The fraction of sp³-hybridized carbons (Fsp3) is 0.452. The van der Waals surface area contributed by atoms with Gasteiger partial charge in [0.05, 0.1) is 0 Å². The Morgan fingerprint density at radius 3 is 2.39 bits per heavy atom. The predicted molar refractivity (Wildman–Crippen MR) is 149 cm³/mol. The van der Waals surface area contributed by atoms with E-state index in [1.807, 2.05) is 4.90 Å². The van der Waals surface area contributed by atoms with Crippen LogP contribution in [0.4, 0.5) is 8.78 Å². The highest BCUT2D eigenvalue weighted by Gasteiger charge is 2.34. The van der Waals surface area contributed by atoms with Crippen molar-refractivity contribution >= 4 is 22.9 Å². The van der Waals surface area contributed by atoms with Crippen LogP contribution in [0.1, 0.15) is 42.7 Å². The number of aromatic amines is 1. The maximum Gasteiger partial charge on any atom is 0.246 e. The molecule has 0 bridgehead atoms. The summed E-state index contributed by atoms with van der Waals surface area (Å²) in [6.45, 7) is 4.62. The predicted octanol–water partition coefficient (Wildman–Crippen LogP) is 5.51. The number of hydrogen-bond donors (Lipinski definition) is 1. The molecule has 5 rings (SSSR count). The van der Waals surface area contributed by atoms with Crippen molar-refractivity contribution in [3.05, 3.63) is 77.5 Å². The normalized spacial score (nSPS) is 19.1. The van der Waals surface area contributed by atoms with Crippen LogP contribution >= 0.6 is 0 Å². The number of nitrogens with zero attached hydrogens (tertiary/aromatic N) is 3. The maximum absolute atomic E-state index is 13.4. The van der Waals surface area contributed by atoms with Crippen LogP contribution in [0.2, 0.25) is 0 Å². The van der Waals surface area contributed by atoms with Crippen molar-refractivity contribution in [3.63, 3.8) is 0 Å². The third-order valence-corrected chi connectivity index (χ3v) is 8.31. The van der Waals surface area contributed by atoms with Crippen LogP contribution in [-0.2, 0) is 4.79 Å². The van der Waals surface area contributed by atoms with Crippen LogP contribution in [-0.4, -0.2) is 78.5 Å². The number of benzene rings is 2. The zero-order chi connectivity index (χ0) is 26.6. The van der Waals surface area contributed by atoms with Gasteiger partial charge < -0.3 is 14.8 Å². The summed E-state index contributed by atoms with van der Waals surface area (Å²) in [7, 11) is 4.29. The number of amides is 1. The highest BCUT2D eigenvalue weighted by Crippen LogP contribution is 2.35. The Labute approximate surface area is 224 Å². The summed E-state index contributed by atoms with van der Waals surface area (Å²) in [4.78, 5) is 23.0. The van der Waals surface area contributed by atoms with Gasteiger partial charge >= 0.3 is 0 Å². The summed E-state index contributed by atoms with van der Waals surface area (Å²) in [6.07, 6.45) is 9.39. The summed E-state index contributed by atoms with van der Waals surface area (Å²) < 4.78 is 26.9. The largest absolute Gasteiger partial charge is 0.361 e. The second kappa shape index (κ2) is 11.8. The minimum atomic E-state index is -0.643. The zero-order valence-electron chi connectivity index (χ0n) is 22.4. The molecule has 0 radical (unpaired) electrons. The Balaban J connectivity index is 1.18. The van der Waals surface area contributed by atoms with Gasteiger partial charge in [-0.25, -0.2) is 8.78 Å². The number of aromatic nitrogens is 1. The Hall–Kier alpha value is -3.03. The minimum Gasteiger partial charge on any atom is -0.361 e. The monoisotopic (exact) mass is 520 g/mol. The van der Waals surface area contributed by atoms with Gasteiger partial charge in [0.2, 0.25) is 5.91 Å². The number of piperidine rings is 2. The molecule has 3 aromatic rings. The first-order valence-electron chi connectivity index (χ1n) is 13.8. The summed E-state index contributed by atoms with van der Waals surface area (Å²) >= 11 is 0. The minimum absolute atomic E-state index is 0.100. The van der Waals surface area contributed by atoms with Crippen LogP contribution in [0, 0.1) is 17.6 Å². The molecule has 7 heteroatoms. The van der Waals surface area contributed by atoms with Crippen LogP contribution in [0.3, 0.4) is 0 Å². The molecule has 1 atom stereocenters. The number of carbonyl (C=O) groups is 1. The molecule has 38 heavy (non-hydrogen) atoms. The molecule has 0 spiro atoms. The topological polar surface area (TPSA) is 42.6 Å². The first kappa shape index (κ1) is 26.6. The fourth-order valence-corrected chi connectivity index (χ4v) is 6.36. The highest BCUT2D eigenvalue weighted by molar-refractivity contribution is 5.91. The van der Waals surface area contributed by atoms with E-state index >= 15 is 0 Å². The number of para-hydroxylation sites is 1. The SMILES string of the molecule is CN(C)CC(C1CCN(C(=O)C=Cc2cc(F)cc(F)c2)CC1)N1CCC(c2c[nH]c3ccccc23)CC1. The molecule has 5 nitrogen and oxygen atoms in total. The van der Waals surface area contributed by atoms with E-state index in [-0.39, 0.29) is 5.91 Å². The molecule has 1 aromatic heterocycles. The molecule has 2 aromatic carbocycles. The Kier molecular flexibility index (Phi) is 8.24. The summed E-state index contributed by atoms with van der Waals surface area (Å²) in [5.41, 5.74) is 3.02. The van der Waals surface area contributed by atoms with E-state index in [2.05, 4.69) is 59.3 Å². The van der Waals surface area contributed by atoms with Gasteiger partial charge in [0, 0.05) is 54.9 Å². The second-order valence-corrected chi connectivity index (χ2v) is 11.1. The van der Waals surface area contributed by atoms with Crippen molar-refractivity contribution in [1.82, 2.24) is 19.7 Å². The Morgan fingerprint density at radius 1 is 1.03 bits per heavy atom. The van der Waals surface area contributed by atoms with E-state index in [4.69, 9.17) is 0 Å². The Morgan fingerprint density at radius 2 is 1.71 bits per heavy atom. The van der Waals surface area contributed by atoms with Gasteiger partial charge in [-0.05, 0) is 100 Å². The standard InChI is InChI=1S/C31H38F2N4O/c1-35(2)21-30(36-13-9-23(10-14-36)28-20-34-29-6-4-3-5-27(28)29)24-11-15-37(16-12-24)31(38)8-7-22-17-25(32)19-26(33)18-22/h3-8,17-20,23-24,30,34H,9-16,21H2,1-2H3. The molecule has 2 fully saturated rings. The number of rotatable bonds is 7. The molecule has 2 saturated heterocycles. The maximum atomic E-state index is 13.4. The third kappa shape index (κ3) is 6.16. The van der Waals surface area contributed by atoms with Crippen molar-refractivity contribution in [2.75, 3.05) is 46.8 Å². The van der Waals surface area contributed by atoms with Crippen molar-refractivity contribution in [1.29, 1.82) is 0 Å². The summed E-state index contributed by atoms with van der Waals surface area (Å²) in [5, 5.41) is 1.35. The van der Waals surface area contributed by atoms with E-state index in [0.29, 0.717) is 36.5 Å². The Bertz CT molecular complexity index is 1250. The highest BCUT2D eigenvalue weighted by atomic mass is 19.1. The molecular formula is C31H38F2N4O. The van der Waals surface area contributed by atoms with Crippen molar-refractivity contribution in [3.8, 4) is 0 Å². The molecule has 0 saturated carbocycles. The van der Waals surface area contributed by atoms with Crippen LogP contribution in [0.25, 0.3) is 17.0 Å². The summed E-state index contributed by atoms with van der Waals surface area (Å²) in [6, 6.07) is 12.3. The number of halogens is 2. The van der Waals surface area contributed by atoms with Gasteiger partial charge in [-0.2, -0.15) is 0 Å². The number of H-pyrrole nitrogens is 1. The fourth-order valence-electron chi connectivity index (χ4n) is 6.36. The molecule has 2 aliphatic heterocycles. The van der Waals surface area contributed by atoms with E-state index in [1.165, 1.54) is 40.8 Å². The quantitative estimate of drug-likeness (QED) is 0.418. The van der Waals surface area contributed by atoms with Gasteiger partial charge in [-0.1, -0.05) is 18.2 Å². The van der Waals surface area contributed by atoms with Crippen LogP contribution in [0.5, 0.6) is 0 Å². The number of likely N-dealkylation sites (N-methyl/N-ethyl adjacent to an activating group) is 1. The lowest BCUT2D eigenvalue weighted by molar-refractivity contribution is -0.127. The van der Waals surface area contributed by atoms with Gasteiger partial charge in [-0.3, -0.25) is 9.69 Å². The number of carbonyl (C=O) groups excluding carboxylic acids is 1. The molecule has 202 valence electrons. The number of hydrogen-bond acceptors (Lipinski definition) is 3. The average molecular weight is 521 g/mol. The summed E-state index contributed by atoms with van der Waals surface area (Å²) in [5.74, 6) is -0.268. The van der Waals surface area contributed by atoms with Crippen LogP contribution in [0.15, 0.2) is 54.7 Å². The van der Waals surface area contributed by atoms with E-state index < -0.39 is 11.6 Å². The molecule has 0 aliphatic carbocycles. The van der Waals surface area contributed by atoms with Gasteiger partial charge in [0.25, 0.3) is 0 Å². The first-order chi connectivity index (χ1) is 18.4. The zero-order valence-corrected chi connectivity index (χ0v) is 22.4. The van der Waals surface area contributed by atoms with Gasteiger partial charge in [0.1, 0.15) is 11.6 Å². The molecule has 1 amide bonds. The molecule has 2 aliphatic rings. The van der Waals surface area contributed by atoms with E-state index in [9.17, 15) is 13.6 Å². The second-order valence-electron chi connectivity index (χ2n) is 11.1.